The van der Waals surface area contributed by atoms with Gasteiger partial charge in [0.25, 0.3) is 0 Å². The number of para-hydroxylation sites is 1. The summed E-state index contributed by atoms with van der Waals surface area (Å²) in [6, 6.07) is 14.5. The molecule has 0 aromatic heterocycles. The van der Waals surface area contributed by atoms with Crippen molar-refractivity contribution < 1.29 is 13.9 Å². The molecule has 1 saturated heterocycles. The van der Waals surface area contributed by atoms with Crippen molar-refractivity contribution in [3.8, 4) is 5.75 Å². The minimum absolute atomic E-state index is 0.0578. The smallest absolute Gasteiger partial charge is 0.223 e. The highest BCUT2D eigenvalue weighted by Crippen LogP contribution is 2.32. The predicted molar refractivity (Wildman–Crippen MR) is 104 cm³/mol. The number of methoxy groups -OCH3 is 1. The number of ether oxygens (including phenoxy) is 1. The molecule has 4 nitrogen and oxygen atoms in total. The molecular formula is C22H27FN2O2. The fourth-order valence-corrected chi connectivity index (χ4v) is 3.68. The van der Waals surface area contributed by atoms with E-state index in [0.717, 1.165) is 30.0 Å². The van der Waals surface area contributed by atoms with Crippen molar-refractivity contribution >= 4 is 5.91 Å². The van der Waals surface area contributed by atoms with E-state index in [4.69, 9.17) is 4.74 Å². The number of hydrogen-bond donors (Lipinski definition) is 0. The Bertz CT molecular complexity index is 778. The molecule has 3 rings (SSSR count). The number of carbonyl (C=O) groups excluding carboxylic acids is 1. The van der Waals surface area contributed by atoms with Crippen molar-refractivity contribution in [2.45, 2.75) is 25.3 Å². The van der Waals surface area contributed by atoms with Crippen LogP contribution in [0, 0.1) is 5.82 Å². The monoisotopic (exact) mass is 370 g/mol. The molecule has 0 saturated carbocycles. The van der Waals surface area contributed by atoms with E-state index in [1.165, 1.54) is 12.1 Å². The number of nitrogens with zero attached hydrogens (tertiary/aromatic N) is 2. The van der Waals surface area contributed by atoms with Gasteiger partial charge in [0.1, 0.15) is 11.6 Å². The lowest BCUT2D eigenvalue weighted by Gasteiger charge is -2.40. The second-order valence-corrected chi connectivity index (χ2v) is 7.23. The first-order valence-electron chi connectivity index (χ1n) is 9.36. The van der Waals surface area contributed by atoms with Crippen LogP contribution in [-0.2, 0) is 4.79 Å². The molecule has 0 radical (unpaired) electrons. The summed E-state index contributed by atoms with van der Waals surface area (Å²) in [6.45, 7) is 4.20. The van der Waals surface area contributed by atoms with Crippen LogP contribution in [0.2, 0.25) is 0 Å². The van der Waals surface area contributed by atoms with Crippen LogP contribution in [-0.4, -0.2) is 49.5 Å². The van der Waals surface area contributed by atoms with Crippen LogP contribution in [0.15, 0.2) is 48.5 Å². The van der Waals surface area contributed by atoms with Crippen molar-refractivity contribution in [2.75, 3.05) is 33.8 Å². The number of likely N-dealkylation sites (N-methyl/N-ethyl adjacent to an activating group) is 1. The number of rotatable bonds is 5. The van der Waals surface area contributed by atoms with Gasteiger partial charge in [-0.25, -0.2) is 4.39 Å². The summed E-state index contributed by atoms with van der Waals surface area (Å²) in [5.74, 6) is 0.793. The number of piperazine rings is 1. The number of hydrogen-bond acceptors (Lipinski definition) is 3. The maximum Gasteiger partial charge on any atom is 0.223 e. The second-order valence-electron chi connectivity index (χ2n) is 7.23. The van der Waals surface area contributed by atoms with Crippen molar-refractivity contribution in [1.82, 2.24) is 9.80 Å². The lowest BCUT2D eigenvalue weighted by Crippen LogP contribution is -2.49. The molecule has 27 heavy (non-hydrogen) atoms. The summed E-state index contributed by atoms with van der Waals surface area (Å²) in [5, 5.41) is 0. The second kappa shape index (κ2) is 8.53. The van der Waals surface area contributed by atoms with Crippen molar-refractivity contribution in [3.63, 3.8) is 0 Å². The van der Waals surface area contributed by atoms with Crippen molar-refractivity contribution in [2.24, 2.45) is 0 Å². The van der Waals surface area contributed by atoms with Crippen LogP contribution < -0.4 is 4.74 Å². The standard InChI is InChI=1S/C22H27FN2O2/c1-16(17-8-10-18(23)11-9-17)14-22(26)25-13-12-24(2)20(15-25)19-6-4-5-7-21(19)27-3/h4-11,16,20H,12-15H2,1-3H3. The Labute approximate surface area is 160 Å². The number of halogens is 1. The first-order chi connectivity index (χ1) is 13.0. The fraction of sp³-hybridized carbons (Fsp3) is 0.409. The Morgan fingerprint density at radius 3 is 2.59 bits per heavy atom. The Balaban J connectivity index is 1.69. The molecule has 2 aromatic carbocycles. The molecule has 1 aliphatic rings. The quantitative estimate of drug-likeness (QED) is 0.802. The summed E-state index contributed by atoms with van der Waals surface area (Å²) >= 11 is 0. The molecule has 2 aromatic rings. The number of benzene rings is 2. The lowest BCUT2D eigenvalue weighted by molar-refractivity contribution is -0.134. The highest BCUT2D eigenvalue weighted by atomic mass is 19.1. The van der Waals surface area contributed by atoms with E-state index in [-0.39, 0.29) is 23.7 Å². The zero-order valence-electron chi connectivity index (χ0n) is 16.2. The van der Waals surface area contributed by atoms with Gasteiger partial charge in [0, 0.05) is 31.6 Å². The van der Waals surface area contributed by atoms with E-state index >= 15 is 0 Å². The summed E-state index contributed by atoms with van der Waals surface area (Å²) < 4.78 is 18.6. The highest BCUT2D eigenvalue weighted by Gasteiger charge is 2.30. The molecule has 5 heteroatoms. The molecule has 2 atom stereocenters. The Morgan fingerprint density at radius 2 is 1.89 bits per heavy atom. The summed E-state index contributed by atoms with van der Waals surface area (Å²) in [5.41, 5.74) is 2.09. The lowest BCUT2D eigenvalue weighted by atomic mass is 9.96. The van der Waals surface area contributed by atoms with Gasteiger partial charge in [0.15, 0.2) is 0 Å². The third kappa shape index (κ3) is 4.48. The van der Waals surface area contributed by atoms with Gasteiger partial charge in [-0.15, -0.1) is 0 Å². The Hall–Kier alpha value is -2.40. The fourth-order valence-electron chi connectivity index (χ4n) is 3.68. The van der Waals surface area contributed by atoms with Gasteiger partial charge >= 0.3 is 0 Å². The van der Waals surface area contributed by atoms with Gasteiger partial charge < -0.3 is 9.64 Å². The van der Waals surface area contributed by atoms with Crippen molar-refractivity contribution in [1.29, 1.82) is 0 Å². The van der Waals surface area contributed by atoms with Crippen LogP contribution in [0.5, 0.6) is 5.75 Å². The van der Waals surface area contributed by atoms with Crippen LogP contribution in [0.1, 0.15) is 36.4 Å². The molecule has 0 spiro atoms. The zero-order chi connectivity index (χ0) is 19.4. The average molecular weight is 370 g/mol. The van der Waals surface area contributed by atoms with E-state index in [1.54, 1.807) is 19.2 Å². The van der Waals surface area contributed by atoms with E-state index < -0.39 is 0 Å². The maximum atomic E-state index is 13.1. The first-order valence-corrected chi connectivity index (χ1v) is 9.36. The molecule has 2 unspecified atom stereocenters. The maximum absolute atomic E-state index is 13.1. The third-order valence-electron chi connectivity index (χ3n) is 5.42. The van der Waals surface area contributed by atoms with Gasteiger partial charge in [-0.05, 0) is 36.7 Å². The predicted octanol–water partition coefficient (Wildman–Crippen LogP) is 3.84. The third-order valence-corrected chi connectivity index (χ3v) is 5.42. The van der Waals surface area contributed by atoms with Crippen LogP contribution in [0.3, 0.4) is 0 Å². The Morgan fingerprint density at radius 1 is 1.19 bits per heavy atom. The van der Waals surface area contributed by atoms with Gasteiger partial charge in [0.2, 0.25) is 5.91 Å². The summed E-state index contributed by atoms with van der Waals surface area (Å²) in [7, 11) is 3.76. The van der Waals surface area contributed by atoms with E-state index in [0.29, 0.717) is 13.0 Å². The Kier molecular flexibility index (Phi) is 6.11. The first kappa shape index (κ1) is 19.4. The summed E-state index contributed by atoms with van der Waals surface area (Å²) in [6.07, 6.45) is 0.425. The topological polar surface area (TPSA) is 32.8 Å². The van der Waals surface area contributed by atoms with Gasteiger partial charge in [-0.3, -0.25) is 9.69 Å². The minimum atomic E-state index is -0.254. The van der Waals surface area contributed by atoms with Gasteiger partial charge in [-0.2, -0.15) is 0 Å². The molecule has 144 valence electrons. The molecule has 0 N–H and O–H groups in total. The molecule has 1 heterocycles. The molecule has 0 bridgehead atoms. The molecular weight excluding hydrogens is 343 g/mol. The summed E-state index contributed by atoms with van der Waals surface area (Å²) in [4.78, 5) is 17.1. The van der Waals surface area contributed by atoms with Gasteiger partial charge in [-0.1, -0.05) is 37.3 Å². The van der Waals surface area contributed by atoms with E-state index in [2.05, 4.69) is 18.0 Å². The average Bonchev–Trinajstić information content (AvgIpc) is 2.68. The highest BCUT2D eigenvalue weighted by molar-refractivity contribution is 5.77. The largest absolute Gasteiger partial charge is 0.496 e. The van der Waals surface area contributed by atoms with Crippen molar-refractivity contribution in [3.05, 3.63) is 65.5 Å². The van der Waals surface area contributed by atoms with E-state index in [9.17, 15) is 9.18 Å². The molecule has 1 amide bonds. The van der Waals surface area contributed by atoms with Crippen LogP contribution in [0.25, 0.3) is 0 Å². The number of amides is 1. The van der Waals surface area contributed by atoms with Crippen LogP contribution in [0.4, 0.5) is 4.39 Å². The normalized spacial score (nSPS) is 19.0. The van der Waals surface area contributed by atoms with E-state index in [1.807, 2.05) is 30.0 Å². The SMILES string of the molecule is COc1ccccc1C1CN(C(=O)CC(C)c2ccc(F)cc2)CCN1C. The van der Waals surface area contributed by atoms with Crippen LogP contribution >= 0.6 is 0 Å². The van der Waals surface area contributed by atoms with Gasteiger partial charge in [0.05, 0.1) is 13.2 Å². The molecule has 1 aliphatic heterocycles. The molecule has 0 aliphatic carbocycles. The molecule has 1 fully saturated rings. The number of carbonyl (C=O) groups is 1. The zero-order valence-corrected chi connectivity index (χ0v) is 16.2. The minimum Gasteiger partial charge on any atom is -0.496 e.